The minimum atomic E-state index is -0.970. The second-order valence-corrected chi connectivity index (χ2v) is 22.3. The molecule has 1 aliphatic carbocycles. The first-order valence-electron chi connectivity index (χ1n) is 13.9. The molecule has 3 nitrogen and oxygen atoms in total. The van der Waals surface area contributed by atoms with Crippen molar-refractivity contribution in [3.8, 4) is 17.2 Å². The summed E-state index contributed by atoms with van der Waals surface area (Å²) < 4.78 is 0. The first-order valence-corrected chi connectivity index (χ1v) is 21.0. The van der Waals surface area contributed by atoms with Crippen LogP contribution in [0.2, 0.25) is 39.3 Å². The number of hydrogen-bond acceptors (Lipinski definition) is 3. The third kappa shape index (κ3) is 30.1. The van der Waals surface area contributed by atoms with Crippen LogP contribution in [-0.4, -0.2) is 16.1 Å². The SMILES string of the molecule is CC1(C)[C-]=CC=CC1.C[Si](C)(C)C=CC=C[Si](C)(C)C.[O-]c1ccccc1.[O-]c1ccccc1.[O-]c1ccccc1.[Ti+4]. The van der Waals surface area contributed by atoms with Crippen LogP contribution in [0, 0.1) is 11.5 Å². The topological polar surface area (TPSA) is 69.2 Å². The molecule has 42 heavy (non-hydrogen) atoms. The summed E-state index contributed by atoms with van der Waals surface area (Å²) in [6, 6.07) is 25.0. The summed E-state index contributed by atoms with van der Waals surface area (Å²) in [5, 5.41) is 30.8. The van der Waals surface area contributed by atoms with E-state index in [9.17, 15) is 15.3 Å². The number of hydrogen-bond donors (Lipinski definition) is 0. The minimum absolute atomic E-state index is 0. The molecule has 0 unspecified atom stereocenters. The molecule has 0 bridgehead atoms. The van der Waals surface area contributed by atoms with Gasteiger partial charge in [0.2, 0.25) is 0 Å². The van der Waals surface area contributed by atoms with Crippen LogP contribution in [-0.2, 0) is 21.7 Å². The molecular formula is C36H48O3Si2Ti. The fourth-order valence-electron chi connectivity index (χ4n) is 2.71. The molecule has 0 aromatic heterocycles. The molecule has 0 N–H and O–H groups in total. The van der Waals surface area contributed by atoms with Crippen molar-refractivity contribution in [1.82, 2.24) is 0 Å². The fourth-order valence-corrected chi connectivity index (χ4v) is 4.09. The second kappa shape index (κ2) is 22.7. The van der Waals surface area contributed by atoms with Gasteiger partial charge in [-0.3, -0.25) is 6.08 Å². The molecule has 0 amide bonds. The molecule has 0 aliphatic heterocycles. The molecule has 6 heteroatoms. The van der Waals surface area contributed by atoms with Crippen LogP contribution in [0.25, 0.3) is 0 Å². The quantitative estimate of drug-likeness (QED) is 0.165. The number of allylic oxidation sites excluding steroid dienone is 6. The van der Waals surface area contributed by atoms with Crippen LogP contribution in [0.1, 0.15) is 20.3 Å². The van der Waals surface area contributed by atoms with Crippen molar-refractivity contribution in [2.45, 2.75) is 59.6 Å². The fraction of sp³-hybridized carbons (Fsp3) is 0.278. The van der Waals surface area contributed by atoms with Gasteiger partial charge in [-0.15, -0.1) is 17.2 Å². The zero-order valence-electron chi connectivity index (χ0n) is 26.6. The Balaban J connectivity index is 0. The molecule has 0 radical (unpaired) electrons. The first kappa shape index (κ1) is 41.3. The van der Waals surface area contributed by atoms with Crippen molar-refractivity contribution in [2.75, 3.05) is 0 Å². The van der Waals surface area contributed by atoms with Gasteiger partial charge in [0, 0.05) is 0 Å². The minimum Gasteiger partial charge on any atom is -0.872 e. The van der Waals surface area contributed by atoms with Gasteiger partial charge in [0.15, 0.2) is 0 Å². The summed E-state index contributed by atoms with van der Waals surface area (Å²) in [6.45, 7) is 18.5. The van der Waals surface area contributed by atoms with Gasteiger partial charge in [-0.1, -0.05) is 180 Å². The summed E-state index contributed by atoms with van der Waals surface area (Å²) in [5.74, 6) is 0.215. The van der Waals surface area contributed by atoms with Crippen LogP contribution < -0.4 is 15.3 Å². The molecule has 0 spiro atoms. The zero-order chi connectivity index (χ0) is 31.2. The second-order valence-electron chi connectivity index (χ2n) is 12.2. The van der Waals surface area contributed by atoms with Gasteiger partial charge in [-0.25, -0.2) is 12.2 Å². The monoisotopic (exact) mass is 632 g/mol. The first-order chi connectivity index (χ1) is 19.1. The van der Waals surface area contributed by atoms with Crippen molar-refractivity contribution >= 4 is 16.1 Å². The average Bonchev–Trinajstić information content (AvgIpc) is 2.89. The standard InChI is InChI=1S/C10H22Si2.C8H11.3C6H6O.Ti/c1-11(2,3)9-7-8-10-12(4,5)6;1-8(2)6-4-3-5-7-8;3*7-6-4-2-1-3-5-6;/h7-10H,1-6H3;3-5H,6H2,1-2H3;3*1-5,7H;/q;-1;;;;+4/p-3. The molecule has 0 atom stereocenters. The molecule has 0 saturated carbocycles. The van der Waals surface area contributed by atoms with E-state index in [1.165, 1.54) is 36.4 Å². The van der Waals surface area contributed by atoms with Crippen molar-refractivity contribution in [3.05, 3.63) is 139 Å². The zero-order valence-corrected chi connectivity index (χ0v) is 30.2. The van der Waals surface area contributed by atoms with E-state index in [0.29, 0.717) is 0 Å². The average molecular weight is 633 g/mol. The van der Waals surface area contributed by atoms with Crippen molar-refractivity contribution in [3.63, 3.8) is 0 Å². The summed E-state index contributed by atoms with van der Waals surface area (Å²) in [7, 11) is -1.94. The molecule has 0 heterocycles. The number of rotatable bonds is 3. The summed E-state index contributed by atoms with van der Waals surface area (Å²) in [4.78, 5) is 0. The van der Waals surface area contributed by atoms with E-state index in [1.807, 2.05) is 30.4 Å². The van der Waals surface area contributed by atoms with Crippen LogP contribution >= 0.6 is 0 Å². The summed E-state index contributed by atoms with van der Waals surface area (Å²) >= 11 is 0. The molecule has 222 valence electrons. The van der Waals surface area contributed by atoms with E-state index in [1.54, 1.807) is 36.4 Å². The van der Waals surface area contributed by atoms with Crippen LogP contribution in [0.4, 0.5) is 0 Å². The van der Waals surface area contributed by atoms with Crippen LogP contribution in [0.3, 0.4) is 0 Å². The van der Waals surface area contributed by atoms with E-state index in [4.69, 9.17) is 0 Å². The molecule has 0 saturated heterocycles. The molecule has 3 aromatic carbocycles. The van der Waals surface area contributed by atoms with Crippen LogP contribution in [0.5, 0.6) is 17.2 Å². The number of para-hydroxylation sites is 3. The largest absolute Gasteiger partial charge is 4.00 e. The van der Waals surface area contributed by atoms with Gasteiger partial charge < -0.3 is 15.3 Å². The third-order valence-corrected chi connectivity index (χ3v) is 7.25. The van der Waals surface area contributed by atoms with Crippen molar-refractivity contribution in [1.29, 1.82) is 0 Å². The van der Waals surface area contributed by atoms with Gasteiger partial charge in [0.1, 0.15) is 0 Å². The van der Waals surface area contributed by atoms with E-state index in [-0.39, 0.29) is 44.4 Å². The predicted molar refractivity (Wildman–Crippen MR) is 178 cm³/mol. The number of benzene rings is 3. The van der Waals surface area contributed by atoms with Gasteiger partial charge >= 0.3 is 21.7 Å². The molecule has 0 fully saturated rings. The Morgan fingerprint density at radius 2 is 0.905 bits per heavy atom. The van der Waals surface area contributed by atoms with E-state index in [2.05, 4.69) is 88.8 Å². The van der Waals surface area contributed by atoms with Gasteiger partial charge in [0.25, 0.3) is 0 Å². The predicted octanol–water partition coefficient (Wildman–Crippen LogP) is 8.46. The van der Waals surface area contributed by atoms with Gasteiger partial charge in [0.05, 0.1) is 16.1 Å². The smallest absolute Gasteiger partial charge is 0.872 e. The summed E-state index contributed by atoms with van der Waals surface area (Å²) in [5.41, 5.74) is 5.04. The third-order valence-electron chi connectivity index (χ3n) is 4.87. The Labute approximate surface area is 273 Å². The van der Waals surface area contributed by atoms with E-state index >= 15 is 0 Å². The Bertz CT molecular complexity index is 1050. The van der Waals surface area contributed by atoms with Crippen molar-refractivity contribution in [2.24, 2.45) is 5.41 Å². The molecule has 1 aliphatic rings. The maximum absolute atomic E-state index is 10.3. The Kier molecular flexibility index (Phi) is 22.3. The Hall–Kier alpha value is -2.83. The normalized spacial score (nSPS) is 13.0. The summed E-state index contributed by atoms with van der Waals surface area (Å²) in [6.07, 6.45) is 15.0. The van der Waals surface area contributed by atoms with E-state index in [0.717, 1.165) is 6.42 Å². The Morgan fingerprint density at radius 1 is 0.595 bits per heavy atom. The Morgan fingerprint density at radius 3 is 1.05 bits per heavy atom. The molecule has 4 rings (SSSR count). The van der Waals surface area contributed by atoms with Crippen LogP contribution in [0.15, 0.2) is 133 Å². The molecule has 3 aromatic rings. The maximum atomic E-state index is 10.3. The van der Waals surface area contributed by atoms with Gasteiger partial charge in [-0.2, -0.15) is 6.08 Å². The van der Waals surface area contributed by atoms with Gasteiger partial charge in [-0.05, 0) is 0 Å². The van der Waals surface area contributed by atoms with E-state index < -0.39 is 16.1 Å². The van der Waals surface area contributed by atoms with Crippen molar-refractivity contribution < 1.29 is 37.0 Å². The molecular weight excluding hydrogens is 584 g/mol. The maximum Gasteiger partial charge on any atom is 4.00 e.